The summed E-state index contributed by atoms with van der Waals surface area (Å²) in [5.74, 6) is 2.67. The van der Waals surface area contributed by atoms with E-state index in [0.717, 1.165) is 36.8 Å². The highest BCUT2D eigenvalue weighted by atomic mass is 16.5. The van der Waals surface area contributed by atoms with E-state index >= 15 is 0 Å². The number of ether oxygens (including phenoxy) is 1. The molecule has 0 saturated heterocycles. The van der Waals surface area contributed by atoms with Crippen molar-refractivity contribution < 1.29 is 4.74 Å². The largest absolute Gasteiger partial charge is 0.487 e. The van der Waals surface area contributed by atoms with E-state index in [-0.39, 0.29) is 11.6 Å². The lowest BCUT2D eigenvalue weighted by atomic mass is 9.81. The van der Waals surface area contributed by atoms with Gasteiger partial charge in [0.15, 0.2) is 0 Å². The van der Waals surface area contributed by atoms with Crippen LogP contribution < -0.4 is 10.5 Å². The van der Waals surface area contributed by atoms with Crippen molar-refractivity contribution in [2.75, 3.05) is 0 Å². The van der Waals surface area contributed by atoms with Crippen molar-refractivity contribution in [3.05, 3.63) is 29.3 Å². The smallest absolute Gasteiger partial charge is 0.124 e. The number of benzene rings is 1. The average molecular weight is 287 g/mol. The predicted octanol–water partition coefficient (Wildman–Crippen LogP) is 4.75. The molecule has 1 saturated carbocycles. The van der Waals surface area contributed by atoms with Gasteiger partial charge in [0.05, 0.1) is 0 Å². The molecule has 1 heterocycles. The molecule has 2 aliphatic rings. The van der Waals surface area contributed by atoms with Gasteiger partial charge in [0.2, 0.25) is 0 Å². The number of nitrogens with two attached hydrogens (primary N) is 1. The standard InChI is InChI=1S/C19H29NO/c1-13(2)15-5-4-9-19(10-8-15)12-17(20)16-11-14(3)6-7-18(16)21-19/h6-7,11,13,15,17H,4-5,8-10,12,20H2,1-3H3. The maximum Gasteiger partial charge on any atom is 0.124 e. The number of hydrogen-bond acceptors (Lipinski definition) is 2. The molecule has 1 fully saturated rings. The molecule has 0 radical (unpaired) electrons. The van der Waals surface area contributed by atoms with Gasteiger partial charge >= 0.3 is 0 Å². The van der Waals surface area contributed by atoms with Crippen molar-refractivity contribution >= 4 is 0 Å². The van der Waals surface area contributed by atoms with Crippen LogP contribution in [0.4, 0.5) is 0 Å². The fourth-order valence-corrected chi connectivity index (χ4v) is 4.21. The van der Waals surface area contributed by atoms with Gasteiger partial charge in [0.25, 0.3) is 0 Å². The minimum atomic E-state index is -0.00862. The third-order valence-corrected chi connectivity index (χ3v) is 5.60. The first-order valence-corrected chi connectivity index (χ1v) is 8.54. The summed E-state index contributed by atoms with van der Waals surface area (Å²) in [4.78, 5) is 0. The van der Waals surface area contributed by atoms with E-state index in [2.05, 4.69) is 39.0 Å². The number of aryl methyl sites for hydroxylation is 1. The quantitative estimate of drug-likeness (QED) is 0.808. The van der Waals surface area contributed by atoms with Crippen LogP contribution in [0.1, 0.15) is 69.5 Å². The summed E-state index contributed by atoms with van der Waals surface area (Å²) in [6.45, 7) is 6.83. The van der Waals surface area contributed by atoms with Crippen LogP contribution in [0.2, 0.25) is 0 Å². The maximum atomic E-state index is 6.51. The molecule has 1 aliphatic heterocycles. The number of rotatable bonds is 1. The van der Waals surface area contributed by atoms with Gasteiger partial charge in [-0.3, -0.25) is 0 Å². The van der Waals surface area contributed by atoms with Gasteiger partial charge < -0.3 is 10.5 Å². The Morgan fingerprint density at radius 1 is 1.24 bits per heavy atom. The second kappa shape index (κ2) is 5.64. The van der Waals surface area contributed by atoms with Crippen molar-refractivity contribution in [2.45, 2.75) is 70.9 Å². The second-order valence-corrected chi connectivity index (χ2v) is 7.57. The molecule has 2 N–H and O–H groups in total. The highest BCUT2D eigenvalue weighted by molar-refractivity contribution is 5.41. The van der Waals surface area contributed by atoms with Crippen molar-refractivity contribution in [2.24, 2.45) is 17.6 Å². The molecule has 21 heavy (non-hydrogen) atoms. The molecule has 2 nitrogen and oxygen atoms in total. The number of fused-ring (bicyclic) bond motifs is 1. The van der Waals surface area contributed by atoms with E-state index in [1.807, 2.05) is 0 Å². The van der Waals surface area contributed by atoms with Crippen molar-refractivity contribution in [3.63, 3.8) is 0 Å². The van der Waals surface area contributed by atoms with Crippen LogP contribution >= 0.6 is 0 Å². The first-order valence-electron chi connectivity index (χ1n) is 8.54. The van der Waals surface area contributed by atoms with Crippen LogP contribution in [0.15, 0.2) is 18.2 Å². The molecule has 1 aromatic rings. The topological polar surface area (TPSA) is 35.2 Å². The molecular formula is C19H29NO. The molecule has 1 spiro atoms. The van der Waals surface area contributed by atoms with E-state index < -0.39 is 0 Å². The molecule has 3 atom stereocenters. The second-order valence-electron chi connectivity index (χ2n) is 7.57. The Labute approximate surface area is 129 Å². The Morgan fingerprint density at radius 3 is 2.81 bits per heavy atom. The SMILES string of the molecule is Cc1ccc2c(c1)C(N)CC1(CCCC(C(C)C)CC1)O2. The van der Waals surface area contributed by atoms with Crippen molar-refractivity contribution in [1.82, 2.24) is 0 Å². The Kier molecular flexibility index (Phi) is 4.00. The van der Waals surface area contributed by atoms with Gasteiger partial charge in [-0.15, -0.1) is 0 Å². The number of hydrogen-bond donors (Lipinski definition) is 1. The van der Waals surface area contributed by atoms with Gasteiger partial charge in [-0.1, -0.05) is 38.0 Å². The maximum absolute atomic E-state index is 6.51. The normalized spacial score (nSPS) is 32.6. The molecule has 3 rings (SSSR count). The summed E-state index contributed by atoms with van der Waals surface area (Å²) in [5, 5.41) is 0. The minimum Gasteiger partial charge on any atom is -0.487 e. The van der Waals surface area contributed by atoms with Gasteiger partial charge in [0, 0.05) is 18.0 Å². The van der Waals surface area contributed by atoms with E-state index in [0.29, 0.717) is 0 Å². The third kappa shape index (κ3) is 2.96. The first-order chi connectivity index (χ1) is 9.99. The molecule has 0 bridgehead atoms. The van der Waals surface area contributed by atoms with E-state index in [1.54, 1.807) is 0 Å². The minimum absolute atomic E-state index is 0.00862. The molecule has 0 aromatic heterocycles. The Hall–Kier alpha value is -1.02. The van der Waals surface area contributed by atoms with Gasteiger partial charge in [0.1, 0.15) is 11.4 Å². The zero-order valence-corrected chi connectivity index (χ0v) is 13.7. The highest BCUT2D eigenvalue weighted by Crippen LogP contribution is 2.46. The molecule has 116 valence electrons. The van der Waals surface area contributed by atoms with E-state index in [4.69, 9.17) is 10.5 Å². The summed E-state index contributed by atoms with van der Waals surface area (Å²) in [6.07, 6.45) is 7.21. The monoisotopic (exact) mass is 287 g/mol. The molecule has 3 unspecified atom stereocenters. The van der Waals surface area contributed by atoms with Crippen molar-refractivity contribution in [3.8, 4) is 5.75 Å². The van der Waals surface area contributed by atoms with E-state index in [1.165, 1.54) is 30.4 Å². The van der Waals surface area contributed by atoms with Gasteiger partial charge in [-0.25, -0.2) is 0 Å². The molecule has 1 aromatic carbocycles. The lowest BCUT2D eigenvalue weighted by molar-refractivity contribution is 0.0198. The molecule has 2 heteroatoms. The zero-order valence-electron chi connectivity index (χ0n) is 13.7. The van der Waals surface area contributed by atoms with Crippen LogP contribution in [-0.4, -0.2) is 5.60 Å². The summed E-state index contributed by atoms with van der Waals surface area (Å²) < 4.78 is 6.51. The fourth-order valence-electron chi connectivity index (χ4n) is 4.21. The molecule has 0 amide bonds. The lowest BCUT2D eigenvalue weighted by Gasteiger charge is -2.41. The van der Waals surface area contributed by atoms with Gasteiger partial charge in [-0.05, 0) is 50.5 Å². The Balaban J connectivity index is 1.82. The summed E-state index contributed by atoms with van der Waals surface area (Å²) in [7, 11) is 0. The summed E-state index contributed by atoms with van der Waals surface area (Å²) >= 11 is 0. The zero-order chi connectivity index (χ0) is 15.0. The average Bonchev–Trinajstić information content (AvgIpc) is 2.63. The van der Waals surface area contributed by atoms with Crippen LogP contribution in [0.25, 0.3) is 0 Å². The molecular weight excluding hydrogens is 258 g/mol. The third-order valence-electron chi connectivity index (χ3n) is 5.60. The van der Waals surface area contributed by atoms with Crippen LogP contribution in [0.5, 0.6) is 5.75 Å². The lowest BCUT2D eigenvalue weighted by Crippen LogP contribution is -2.42. The first kappa shape index (κ1) is 14.9. The van der Waals surface area contributed by atoms with Gasteiger partial charge in [-0.2, -0.15) is 0 Å². The van der Waals surface area contributed by atoms with Crippen LogP contribution in [0, 0.1) is 18.8 Å². The van der Waals surface area contributed by atoms with Crippen LogP contribution in [0.3, 0.4) is 0 Å². The Morgan fingerprint density at radius 2 is 2.05 bits per heavy atom. The van der Waals surface area contributed by atoms with Crippen LogP contribution in [-0.2, 0) is 0 Å². The highest BCUT2D eigenvalue weighted by Gasteiger charge is 2.41. The predicted molar refractivity (Wildman–Crippen MR) is 87.5 cm³/mol. The van der Waals surface area contributed by atoms with Crippen molar-refractivity contribution in [1.29, 1.82) is 0 Å². The summed E-state index contributed by atoms with van der Waals surface area (Å²) in [6, 6.07) is 6.58. The molecule has 1 aliphatic carbocycles. The fraction of sp³-hybridized carbons (Fsp3) is 0.684. The Bertz CT molecular complexity index is 510. The summed E-state index contributed by atoms with van der Waals surface area (Å²) in [5.41, 5.74) is 8.94. The van der Waals surface area contributed by atoms with E-state index in [9.17, 15) is 0 Å².